The summed E-state index contributed by atoms with van der Waals surface area (Å²) in [6.07, 6.45) is 7.43. The first kappa shape index (κ1) is 13.7. The number of nitrogen functional groups attached to an aromatic ring is 1. The molecule has 1 aliphatic carbocycles. The third kappa shape index (κ3) is 3.20. The maximum absolute atomic E-state index is 12.1. The molecule has 1 aromatic rings. The Morgan fingerprint density at radius 3 is 2.74 bits per heavy atom. The molecular weight excluding hydrogens is 242 g/mol. The van der Waals surface area contributed by atoms with Gasteiger partial charge in [0.2, 0.25) is 0 Å². The molecule has 0 spiro atoms. The summed E-state index contributed by atoms with van der Waals surface area (Å²) in [5.74, 6) is 5.48. The Morgan fingerprint density at radius 1 is 1.37 bits per heavy atom. The molecular formula is C13H21N5O. The van der Waals surface area contributed by atoms with Gasteiger partial charge in [0, 0.05) is 6.04 Å². The van der Waals surface area contributed by atoms with E-state index in [4.69, 9.17) is 5.84 Å². The monoisotopic (exact) mass is 263 g/mol. The van der Waals surface area contributed by atoms with E-state index in [1.165, 1.54) is 18.8 Å². The Balaban J connectivity index is 2.03. The van der Waals surface area contributed by atoms with Gasteiger partial charge in [0.1, 0.15) is 5.69 Å². The van der Waals surface area contributed by atoms with E-state index < -0.39 is 0 Å². The molecule has 1 atom stereocenters. The second-order valence-corrected chi connectivity index (χ2v) is 5.69. The number of nitrogens with two attached hydrogens (primary N) is 1. The van der Waals surface area contributed by atoms with Crippen molar-refractivity contribution >= 4 is 11.7 Å². The van der Waals surface area contributed by atoms with Gasteiger partial charge in [-0.2, -0.15) is 0 Å². The van der Waals surface area contributed by atoms with Gasteiger partial charge in [-0.1, -0.05) is 26.7 Å². The highest BCUT2D eigenvalue weighted by Crippen LogP contribution is 2.35. The number of hydrogen-bond donors (Lipinski definition) is 3. The van der Waals surface area contributed by atoms with Crippen molar-refractivity contribution in [3.8, 4) is 0 Å². The lowest BCUT2D eigenvalue weighted by Crippen LogP contribution is -2.47. The maximum atomic E-state index is 12.1. The van der Waals surface area contributed by atoms with Crippen LogP contribution in [0.4, 0.5) is 5.82 Å². The lowest BCUT2D eigenvalue weighted by atomic mass is 9.73. The van der Waals surface area contributed by atoms with Crippen molar-refractivity contribution in [3.63, 3.8) is 0 Å². The van der Waals surface area contributed by atoms with Crippen LogP contribution in [0.3, 0.4) is 0 Å². The molecule has 1 heterocycles. The van der Waals surface area contributed by atoms with Gasteiger partial charge in [-0.15, -0.1) is 0 Å². The summed E-state index contributed by atoms with van der Waals surface area (Å²) in [6, 6.07) is 0.197. The molecule has 1 fully saturated rings. The Kier molecular flexibility index (Phi) is 3.99. The van der Waals surface area contributed by atoms with Crippen molar-refractivity contribution in [2.24, 2.45) is 11.3 Å². The minimum atomic E-state index is -0.170. The van der Waals surface area contributed by atoms with Crippen LogP contribution in [0.25, 0.3) is 0 Å². The van der Waals surface area contributed by atoms with Gasteiger partial charge in [-0.05, 0) is 18.3 Å². The Bertz CT molecular complexity index is 443. The first-order valence-electron chi connectivity index (χ1n) is 6.62. The molecule has 2 rings (SSSR count). The van der Waals surface area contributed by atoms with Crippen LogP contribution < -0.4 is 16.6 Å². The normalized spacial score (nSPS) is 21.7. The van der Waals surface area contributed by atoms with Gasteiger partial charge in [0.25, 0.3) is 5.91 Å². The molecule has 6 nitrogen and oxygen atoms in total. The average Bonchev–Trinajstić information content (AvgIpc) is 2.41. The Hall–Kier alpha value is -1.69. The van der Waals surface area contributed by atoms with Crippen LogP contribution in [0, 0.1) is 5.41 Å². The van der Waals surface area contributed by atoms with E-state index in [0.29, 0.717) is 11.5 Å². The summed E-state index contributed by atoms with van der Waals surface area (Å²) in [5.41, 5.74) is 2.84. The Morgan fingerprint density at radius 2 is 2.16 bits per heavy atom. The van der Waals surface area contributed by atoms with Gasteiger partial charge >= 0.3 is 0 Å². The fourth-order valence-electron chi connectivity index (χ4n) is 2.51. The van der Waals surface area contributed by atoms with Crippen LogP contribution in [0.2, 0.25) is 0 Å². The third-order valence-corrected chi connectivity index (χ3v) is 3.84. The summed E-state index contributed by atoms with van der Waals surface area (Å²) >= 11 is 0. The molecule has 0 bridgehead atoms. The number of carbonyl (C=O) groups is 1. The van der Waals surface area contributed by atoms with E-state index in [1.54, 1.807) is 0 Å². The molecule has 4 N–H and O–H groups in total. The van der Waals surface area contributed by atoms with Crippen LogP contribution in [-0.2, 0) is 0 Å². The molecule has 0 aromatic carbocycles. The molecule has 104 valence electrons. The molecule has 1 unspecified atom stereocenters. The van der Waals surface area contributed by atoms with Crippen molar-refractivity contribution in [1.82, 2.24) is 15.3 Å². The maximum Gasteiger partial charge on any atom is 0.271 e. The molecule has 19 heavy (non-hydrogen) atoms. The highest BCUT2D eigenvalue weighted by atomic mass is 16.2. The largest absolute Gasteiger partial charge is 0.347 e. The second-order valence-electron chi connectivity index (χ2n) is 5.69. The molecule has 1 saturated carbocycles. The number of nitrogens with zero attached hydrogens (tertiary/aromatic N) is 2. The van der Waals surface area contributed by atoms with E-state index in [0.717, 1.165) is 19.3 Å². The van der Waals surface area contributed by atoms with E-state index in [1.807, 2.05) is 0 Å². The number of amides is 1. The summed E-state index contributed by atoms with van der Waals surface area (Å²) in [4.78, 5) is 20.2. The van der Waals surface area contributed by atoms with Gasteiger partial charge in [-0.3, -0.25) is 4.79 Å². The number of carbonyl (C=O) groups excluding carboxylic acids is 1. The third-order valence-electron chi connectivity index (χ3n) is 3.84. The minimum Gasteiger partial charge on any atom is -0.347 e. The summed E-state index contributed by atoms with van der Waals surface area (Å²) in [7, 11) is 0. The molecule has 6 heteroatoms. The lowest BCUT2D eigenvalue weighted by molar-refractivity contribution is 0.0848. The van der Waals surface area contributed by atoms with Crippen molar-refractivity contribution in [3.05, 3.63) is 18.1 Å². The highest BCUT2D eigenvalue weighted by molar-refractivity contribution is 5.92. The number of anilines is 1. The fraction of sp³-hybridized carbons (Fsp3) is 0.615. The zero-order valence-electron chi connectivity index (χ0n) is 11.4. The SMILES string of the molecule is CC1(C)CCCCC1NC(=O)c1cnc(NN)cn1. The zero-order valence-corrected chi connectivity index (χ0v) is 11.4. The second kappa shape index (κ2) is 5.52. The quantitative estimate of drug-likeness (QED) is 0.567. The first-order chi connectivity index (χ1) is 9.03. The predicted molar refractivity (Wildman–Crippen MR) is 73.3 cm³/mol. The Labute approximate surface area is 113 Å². The van der Waals surface area contributed by atoms with Gasteiger partial charge in [-0.25, -0.2) is 15.8 Å². The van der Waals surface area contributed by atoms with Gasteiger partial charge in [0.05, 0.1) is 12.4 Å². The standard InChI is InChI=1S/C13H21N5O/c1-13(2)6-4-3-5-10(13)17-12(19)9-7-16-11(18-14)8-15-9/h7-8,10H,3-6,14H2,1-2H3,(H,16,18)(H,17,19). The van der Waals surface area contributed by atoms with Crippen molar-refractivity contribution in [2.75, 3.05) is 5.43 Å². The summed E-state index contributed by atoms with van der Waals surface area (Å²) in [6.45, 7) is 4.40. The van der Waals surface area contributed by atoms with E-state index in [9.17, 15) is 4.79 Å². The number of hydrogen-bond acceptors (Lipinski definition) is 5. The van der Waals surface area contributed by atoms with Crippen LogP contribution in [0.1, 0.15) is 50.0 Å². The zero-order chi connectivity index (χ0) is 13.9. The topological polar surface area (TPSA) is 92.9 Å². The van der Waals surface area contributed by atoms with Gasteiger partial charge < -0.3 is 10.7 Å². The number of rotatable bonds is 3. The molecule has 1 amide bonds. The summed E-state index contributed by atoms with van der Waals surface area (Å²) in [5, 5.41) is 3.07. The van der Waals surface area contributed by atoms with Crippen molar-refractivity contribution in [2.45, 2.75) is 45.6 Å². The number of aromatic nitrogens is 2. The van der Waals surface area contributed by atoms with E-state index in [-0.39, 0.29) is 17.4 Å². The lowest BCUT2D eigenvalue weighted by Gasteiger charge is -2.38. The summed E-state index contributed by atoms with van der Waals surface area (Å²) < 4.78 is 0. The van der Waals surface area contributed by atoms with Crippen LogP contribution >= 0.6 is 0 Å². The number of hydrazine groups is 1. The number of nitrogens with one attached hydrogen (secondary N) is 2. The minimum absolute atomic E-state index is 0.139. The van der Waals surface area contributed by atoms with E-state index >= 15 is 0 Å². The van der Waals surface area contributed by atoms with Crippen molar-refractivity contribution in [1.29, 1.82) is 0 Å². The predicted octanol–water partition coefficient (Wildman–Crippen LogP) is 1.46. The fourth-order valence-corrected chi connectivity index (χ4v) is 2.51. The first-order valence-corrected chi connectivity index (χ1v) is 6.62. The smallest absolute Gasteiger partial charge is 0.271 e. The van der Waals surface area contributed by atoms with Crippen molar-refractivity contribution < 1.29 is 4.79 Å². The van der Waals surface area contributed by atoms with Crippen LogP contribution in [0.15, 0.2) is 12.4 Å². The van der Waals surface area contributed by atoms with Gasteiger partial charge in [0.15, 0.2) is 5.82 Å². The molecule has 1 aliphatic rings. The average molecular weight is 263 g/mol. The molecule has 0 radical (unpaired) electrons. The molecule has 1 aromatic heterocycles. The molecule has 0 saturated heterocycles. The highest BCUT2D eigenvalue weighted by Gasteiger charge is 2.33. The van der Waals surface area contributed by atoms with Crippen LogP contribution in [0.5, 0.6) is 0 Å². The molecule has 0 aliphatic heterocycles. The van der Waals surface area contributed by atoms with Crippen LogP contribution in [-0.4, -0.2) is 21.9 Å². The van der Waals surface area contributed by atoms with E-state index in [2.05, 4.69) is 34.6 Å².